The molecule has 0 atom stereocenters. The number of furan rings is 2. The molecule has 0 aliphatic carbocycles. The fourth-order valence-corrected chi connectivity index (χ4v) is 12.4. The SMILES string of the molecule is Cc1cc(-c2cccc3c2oc2ccccc23)c(C)c(C)c1N(c1ccccc1)c1ccc2ccc3c(N(c4ccccc4)c4c(C)cc(-c5cccc6c5oc5ccccc56)c(C)c4C)ccc4ccc1c2c43. The highest BCUT2D eigenvalue weighted by Gasteiger charge is 2.27. The molecule has 0 amide bonds. The molecule has 14 rings (SSSR count). The molecule has 4 heteroatoms. The first-order chi connectivity index (χ1) is 36.2. The second-order valence-corrected chi connectivity index (χ2v) is 20.2. The number of para-hydroxylation sites is 6. The number of nitrogens with zero attached hydrogens (tertiary/aromatic N) is 2. The highest BCUT2D eigenvalue weighted by atomic mass is 16.3. The van der Waals surface area contributed by atoms with Gasteiger partial charge in [0.1, 0.15) is 22.3 Å². The van der Waals surface area contributed by atoms with Gasteiger partial charge in [0.15, 0.2) is 0 Å². The van der Waals surface area contributed by atoms with Gasteiger partial charge < -0.3 is 18.6 Å². The molecule has 0 bridgehead atoms. The van der Waals surface area contributed by atoms with Crippen LogP contribution in [-0.2, 0) is 0 Å². The van der Waals surface area contributed by atoms with Crippen LogP contribution < -0.4 is 9.80 Å². The Morgan fingerprint density at radius 3 is 1.11 bits per heavy atom. The molecule has 0 saturated heterocycles. The van der Waals surface area contributed by atoms with Gasteiger partial charge in [-0.3, -0.25) is 0 Å². The molecule has 0 fully saturated rings. The van der Waals surface area contributed by atoms with Crippen molar-refractivity contribution >= 4 is 110 Å². The zero-order valence-electron chi connectivity index (χ0n) is 42.3. The molecule has 0 aliphatic heterocycles. The zero-order valence-corrected chi connectivity index (χ0v) is 42.3. The van der Waals surface area contributed by atoms with Crippen LogP contribution in [0.4, 0.5) is 34.1 Å². The first kappa shape index (κ1) is 43.7. The fourth-order valence-electron chi connectivity index (χ4n) is 12.4. The number of rotatable bonds is 8. The van der Waals surface area contributed by atoms with Crippen molar-refractivity contribution in [3.63, 3.8) is 0 Å². The van der Waals surface area contributed by atoms with E-state index in [2.05, 4.69) is 245 Å². The van der Waals surface area contributed by atoms with E-state index in [0.717, 1.165) is 77.8 Å². The topological polar surface area (TPSA) is 32.8 Å². The van der Waals surface area contributed by atoms with Crippen LogP contribution in [0, 0.1) is 41.5 Å². The molecule has 12 aromatic carbocycles. The Morgan fingerprint density at radius 1 is 0.297 bits per heavy atom. The van der Waals surface area contributed by atoms with Crippen LogP contribution in [0.2, 0.25) is 0 Å². The van der Waals surface area contributed by atoms with Gasteiger partial charge in [0.25, 0.3) is 0 Å². The standard InChI is InChI=1S/C70H52N2O2/c1-41-39-59(55-27-17-25-53-51-23-13-15-29-63(51)73-69(53)55)43(3)45(5)67(41)71(49-19-9-7-10-20-49)61-37-33-47-32-36-58-62(38-34-48-31-35-57(61)65(47)66(48)58)72(50-21-11-8-12-22-50)68-42(2)40-60(44(4)46(68)6)56-28-18-26-54-52-24-14-16-30-64(52)74-70(54)56/h7-40H,1-6H3. The summed E-state index contributed by atoms with van der Waals surface area (Å²) in [7, 11) is 0. The van der Waals surface area contributed by atoms with Crippen LogP contribution in [0.25, 0.3) is 98.4 Å². The summed E-state index contributed by atoms with van der Waals surface area (Å²) in [5.41, 5.74) is 22.4. The zero-order chi connectivity index (χ0) is 49.9. The summed E-state index contributed by atoms with van der Waals surface area (Å²) in [6.45, 7) is 13.6. The van der Waals surface area contributed by atoms with Gasteiger partial charge in [-0.2, -0.15) is 0 Å². The minimum absolute atomic E-state index is 0.908. The molecule has 2 heterocycles. The van der Waals surface area contributed by atoms with Crippen molar-refractivity contribution < 1.29 is 8.83 Å². The Labute approximate surface area is 430 Å². The van der Waals surface area contributed by atoms with Crippen LogP contribution >= 0.6 is 0 Å². The van der Waals surface area contributed by atoms with E-state index in [1.165, 1.54) is 88.2 Å². The summed E-state index contributed by atoms with van der Waals surface area (Å²) in [5.74, 6) is 0. The van der Waals surface area contributed by atoms with Gasteiger partial charge in [-0.1, -0.05) is 146 Å². The van der Waals surface area contributed by atoms with Crippen molar-refractivity contribution in [1.82, 2.24) is 0 Å². The van der Waals surface area contributed by atoms with Crippen molar-refractivity contribution in [3.05, 3.63) is 240 Å². The minimum atomic E-state index is 0.908. The molecule has 74 heavy (non-hydrogen) atoms. The fraction of sp³-hybridized carbons (Fsp3) is 0.0857. The average Bonchev–Trinajstić information content (AvgIpc) is 4.07. The highest BCUT2D eigenvalue weighted by molar-refractivity contribution is 6.28. The molecule has 354 valence electrons. The van der Waals surface area contributed by atoms with E-state index in [-0.39, 0.29) is 0 Å². The lowest BCUT2D eigenvalue weighted by Crippen LogP contribution is -2.15. The Hall–Kier alpha value is -9.12. The molecular formula is C70H52N2O2. The van der Waals surface area contributed by atoms with Crippen molar-refractivity contribution in [1.29, 1.82) is 0 Å². The van der Waals surface area contributed by atoms with Gasteiger partial charge >= 0.3 is 0 Å². The third-order valence-electron chi connectivity index (χ3n) is 16.1. The molecule has 0 aliphatic rings. The summed E-state index contributed by atoms with van der Waals surface area (Å²) < 4.78 is 13.2. The summed E-state index contributed by atoms with van der Waals surface area (Å²) >= 11 is 0. The highest BCUT2D eigenvalue weighted by Crippen LogP contribution is 2.51. The normalized spacial score (nSPS) is 11.9. The van der Waals surface area contributed by atoms with Gasteiger partial charge in [-0.25, -0.2) is 0 Å². The van der Waals surface area contributed by atoms with E-state index < -0.39 is 0 Å². The lowest BCUT2D eigenvalue weighted by Gasteiger charge is -2.33. The molecule has 0 unspecified atom stereocenters. The van der Waals surface area contributed by atoms with Crippen LogP contribution in [0.1, 0.15) is 33.4 Å². The first-order valence-corrected chi connectivity index (χ1v) is 25.7. The van der Waals surface area contributed by atoms with Gasteiger partial charge in [-0.15, -0.1) is 0 Å². The first-order valence-electron chi connectivity index (χ1n) is 25.7. The average molecular weight is 953 g/mol. The van der Waals surface area contributed by atoms with Crippen LogP contribution in [-0.4, -0.2) is 0 Å². The maximum Gasteiger partial charge on any atom is 0.143 e. The van der Waals surface area contributed by atoms with Crippen molar-refractivity contribution in [2.45, 2.75) is 41.5 Å². The van der Waals surface area contributed by atoms with Gasteiger partial charge in [0, 0.05) is 54.8 Å². The van der Waals surface area contributed by atoms with Gasteiger partial charge in [0.2, 0.25) is 0 Å². The maximum atomic E-state index is 6.61. The lowest BCUT2D eigenvalue weighted by atomic mass is 9.89. The van der Waals surface area contributed by atoms with Crippen LogP contribution in [0.5, 0.6) is 0 Å². The predicted octanol–water partition coefficient (Wildman–Crippen LogP) is 20.5. The number of anilines is 6. The van der Waals surface area contributed by atoms with Crippen molar-refractivity contribution in [2.24, 2.45) is 0 Å². The number of benzene rings is 12. The summed E-state index contributed by atoms with van der Waals surface area (Å²) in [6.07, 6.45) is 0. The van der Waals surface area contributed by atoms with Gasteiger partial charge in [-0.05, 0) is 168 Å². The van der Waals surface area contributed by atoms with E-state index in [1.807, 2.05) is 12.1 Å². The molecular weight excluding hydrogens is 901 g/mol. The molecule has 14 aromatic rings. The number of hydrogen-bond donors (Lipinski definition) is 0. The molecule has 0 saturated carbocycles. The Kier molecular flexibility index (Phi) is 9.87. The third-order valence-corrected chi connectivity index (χ3v) is 16.1. The largest absolute Gasteiger partial charge is 0.455 e. The van der Waals surface area contributed by atoms with E-state index in [9.17, 15) is 0 Å². The smallest absolute Gasteiger partial charge is 0.143 e. The second kappa shape index (κ2) is 16.7. The number of fused-ring (bicyclic) bond motifs is 6. The Bertz CT molecular complexity index is 4270. The van der Waals surface area contributed by atoms with Crippen molar-refractivity contribution in [2.75, 3.05) is 9.80 Å². The lowest BCUT2D eigenvalue weighted by molar-refractivity contribution is 0.669. The van der Waals surface area contributed by atoms with Crippen LogP contribution in [0.15, 0.2) is 215 Å². The van der Waals surface area contributed by atoms with Crippen molar-refractivity contribution in [3.8, 4) is 22.3 Å². The number of aryl methyl sites for hydroxylation is 2. The molecule has 4 nitrogen and oxygen atoms in total. The van der Waals surface area contributed by atoms with E-state index in [4.69, 9.17) is 8.83 Å². The third kappa shape index (κ3) is 6.47. The second-order valence-electron chi connectivity index (χ2n) is 20.2. The quantitative estimate of drug-likeness (QED) is 0.142. The number of hydrogen-bond acceptors (Lipinski definition) is 4. The van der Waals surface area contributed by atoms with E-state index >= 15 is 0 Å². The predicted molar refractivity (Wildman–Crippen MR) is 313 cm³/mol. The summed E-state index contributed by atoms with van der Waals surface area (Å²) in [6, 6.07) is 74.9. The molecule has 2 aromatic heterocycles. The summed E-state index contributed by atoms with van der Waals surface area (Å²) in [5, 5.41) is 11.9. The molecule has 0 N–H and O–H groups in total. The Morgan fingerprint density at radius 2 is 0.676 bits per heavy atom. The van der Waals surface area contributed by atoms with Crippen LogP contribution in [0.3, 0.4) is 0 Å². The van der Waals surface area contributed by atoms with E-state index in [1.54, 1.807) is 0 Å². The monoisotopic (exact) mass is 952 g/mol. The minimum Gasteiger partial charge on any atom is -0.455 e. The Balaban J connectivity index is 0.957. The van der Waals surface area contributed by atoms with Gasteiger partial charge in [0.05, 0.1) is 22.7 Å². The molecule has 0 radical (unpaired) electrons. The molecule has 0 spiro atoms. The van der Waals surface area contributed by atoms with E-state index in [0.29, 0.717) is 0 Å². The summed E-state index contributed by atoms with van der Waals surface area (Å²) in [4.78, 5) is 4.99. The maximum absolute atomic E-state index is 6.61.